The maximum absolute atomic E-state index is 12.5. The molecule has 0 radical (unpaired) electrons. The molecule has 25 heavy (non-hydrogen) atoms. The van der Waals surface area contributed by atoms with Gasteiger partial charge in [0.25, 0.3) is 0 Å². The van der Waals surface area contributed by atoms with Gasteiger partial charge in [-0.3, -0.25) is 4.79 Å². The fourth-order valence-electron chi connectivity index (χ4n) is 3.14. The van der Waals surface area contributed by atoms with Crippen molar-refractivity contribution in [3.05, 3.63) is 29.8 Å². The number of carbonyl (C=O) groups excluding carboxylic acids is 1. The second-order valence-corrected chi connectivity index (χ2v) is 8.30. The third-order valence-corrected chi connectivity index (χ3v) is 6.42. The molecule has 1 aromatic heterocycles. The van der Waals surface area contributed by atoms with E-state index in [4.69, 9.17) is 4.74 Å². The van der Waals surface area contributed by atoms with E-state index >= 15 is 0 Å². The number of nitrogens with zero attached hydrogens (tertiary/aromatic N) is 3. The summed E-state index contributed by atoms with van der Waals surface area (Å²) in [6.45, 7) is 2.39. The molecule has 0 spiro atoms. The van der Waals surface area contributed by atoms with Crippen molar-refractivity contribution in [1.82, 2.24) is 10.2 Å². The maximum Gasteiger partial charge on any atom is 0.237 e. The number of amides is 1. The smallest absolute Gasteiger partial charge is 0.237 e. The van der Waals surface area contributed by atoms with Gasteiger partial charge in [0, 0.05) is 25.4 Å². The molecule has 0 bridgehead atoms. The molecule has 1 fully saturated rings. The molecule has 4 rings (SSSR count). The first-order valence-electron chi connectivity index (χ1n) is 8.49. The van der Waals surface area contributed by atoms with Gasteiger partial charge >= 0.3 is 0 Å². The van der Waals surface area contributed by atoms with Crippen LogP contribution in [0.25, 0.3) is 0 Å². The van der Waals surface area contributed by atoms with Gasteiger partial charge in [0.05, 0.1) is 11.9 Å². The highest BCUT2D eigenvalue weighted by atomic mass is 32.2. The molecule has 1 amide bonds. The minimum absolute atomic E-state index is 0.124. The molecule has 6 nitrogen and oxygen atoms in total. The Morgan fingerprint density at radius 2 is 2.32 bits per heavy atom. The first-order chi connectivity index (χ1) is 12.3. The van der Waals surface area contributed by atoms with E-state index in [1.807, 2.05) is 23.1 Å². The van der Waals surface area contributed by atoms with E-state index in [0.717, 1.165) is 54.1 Å². The number of para-hydroxylation sites is 1. The van der Waals surface area contributed by atoms with Gasteiger partial charge in [-0.2, -0.15) is 0 Å². The van der Waals surface area contributed by atoms with Gasteiger partial charge in [-0.1, -0.05) is 41.3 Å². The lowest BCUT2D eigenvalue weighted by Crippen LogP contribution is -2.30. The Kier molecular flexibility index (Phi) is 5.19. The lowest BCUT2D eigenvalue weighted by atomic mass is 10.2. The summed E-state index contributed by atoms with van der Waals surface area (Å²) >= 11 is 2.94. The molecule has 1 N–H and O–H groups in total. The van der Waals surface area contributed by atoms with Gasteiger partial charge in [0.15, 0.2) is 4.34 Å². The lowest BCUT2D eigenvalue weighted by Gasteiger charge is -2.16. The van der Waals surface area contributed by atoms with Gasteiger partial charge in [-0.15, -0.1) is 10.2 Å². The lowest BCUT2D eigenvalue weighted by molar-refractivity contribution is -0.116. The molecule has 2 aliphatic rings. The number of hydrogen-bond donors (Lipinski definition) is 1. The maximum atomic E-state index is 12.5. The quantitative estimate of drug-likeness (QED) is 0.782. The Bertz CT molecular complexity index is 746. The van der Waals surface area contributed by atoms with Gasteiger partial charge in [0.1, 0.15) is 0 Å². The van der Waals surface area contributed by atoms with E-state index in [1.54, 1.807) is 0 Å². The van der Waals surface area contributed by atoms with E-state index < -0.39 is 0 Å². The monoisotopic (exact) mass is 376 g/mol. The van der Waals surface area contributed by atoms with E-state index in [2.05, 4.69) is 21.6 Å². The normalized spacial score (nSPS) is 19.2. The van der Waals surface area contributed by atoms with Crippen LogP contribution in [0.15, 0.2) is 28.6 Å². The largest absolute Gasteiger partial charge is 0.376 e. The van der Waals surface area contributed by atoms with Crippen molar-refractivity contribution < 1.29 is 9.53 Å². The van der Waals surface area contributed by atoms with Crippen LogP contribution in [0.1, 0.15) is 18.4 Å². The van der Waals surface area contributed by atoms with Crippen LogP contribution in [0.3, 0.4) is 0 Å². The number of ether oxygens (including phenoxy) is 1. The van der Waals surface area contributed by atoms with Crippen LogP contribution in [0.4, 0.5) is 10.8 Å². The van der Waals surface area contributed by atoms with Gasteiger partial charge in [-0.25, -0.2) is 0 Å². The molecular weight excluding hydrogens is 356 g/mol. The Hall–Kier alpha value is -1.64. The SMILES string of the molecule is O=C(CSc1nnc(NC[C@@H]2CCCO2)s1)N1CCc2ccccc21. The van der Waals surface area contributed by atoms with Gasteiger partial charge in [-0.05, 0) is 30.9 Å². The Morgan fingerprint density at radius 1 is 1.40 bits per heavy atom. The minimum Gasteiger partial charge on any atom is -0.376 e. The second kappa shape index (κ2) is 7.72. The van der Waals surface area contributed by atoms with Crippen molar-refractivity contribution in [1.29, 1.82) is 0 Å². The van der Waals surface area contributed by atoms with Crippen LogP contribution in [-0.4, -0.2) is 47.7 Å². The molecule has 2 aliphatic heterocycles. The van der Waals surface area contributed by atoms with Crippen molar-refractivity contribution in [3.8, 4) is 0 Å². The molecule has 1 aromatic carbocycles. The molecule has 1 saturated heterocycles. The molecule has 3 heterocycles. The number of fused-ring (bicyclic) bond motifs is 1. The van der Waals surface area contributed by atoms with Crippen molar-refractivity contribution in [2.75, 3.05) is 35.7 Å². The number of thioether (sulfide) groups is 1. The molecule has 0 unspecified atom stereocenters. The van der Waals surface area contributed by atoms with E-state index in [9.17, 15) is 4.79 Å². The Balaban J connectivity index is 1.28. The zero-order valence-corrected chi connectivity index (χ0v) is 15.4. The highest BCUT2D eigenvalue weighted by molar-refractivity contribution is 8.01. The standard InChI is InChI=1S/C17H20N4O2S2/c22-15(21-8-7-12-4-1-2-6-14(12)21)11-24-17-20-19-16(25-17)18-10-13-5-3-9-23-13/h1-2,4,6,13H,3,5,7-11H2,(H,18,19)/t13-/m0/s1. The van der Waals surface area contributed by atoms with Crippen molar-refractivity contribution in [2.24, 2.45) is 0 Å². The van der Waals surface area contributed by atoms with Crippen LogP contribution in [-0.2, 0) is 16.0 Å². The van der Waals surface area contributed by atoms with Crippen LogP contribution in [0.5, 0.6) is 0 Å². The summed E-state index contributed by atoms with van der Waals surface area (Å²) in [5.41, 5.74) is 2.29. The Morgan fingerprint density at radius 3 is 3.20 bits per heavy atom. The highest BCUT2D eigenvalue weighted by Gasteiger charge is 2.24. The number of rotatable bonds is 6. The Labute approximate surface area is 155 Å². The van der Waals surface area contributed by atoms with Crippen LogP contribution < -0.4 is 10.2 Å². The fraction of sp³-hybridized carbons (Fsp3) is 0.471. The van der Waals surface area contributed by atoms with E-state index in [1.165, 1.54) is 28.7 Å². The summed E-state index contributed by atoms with van der Waals surface area (Å²) in [7, 11) is 0. The molecule has 132 valence electrons. The molecule has 1 atom stereocenters. The number of carbonyl (C=O) groups is 1. The van der Waals surface area contributed by atoms with Crippen LogP contribution in [0.2, 0.25) is 0 Å². The van der Waals surface area contributed by atoms with Gasteiger partial charge in [0.2, 0.25) is 11.0 Å². The van der Waals surface area contributed by atoms with E-state index in [0.29, 0.717) is 5.75 Å². The third kappa shape index (κ3) is 3.96. The highest BCUT2D eigenvalue weighted by Crippen LogP contribution is 2.30. The first-order valence-corrected chi connectivity index (χ1v) is 10.3. The second-order valence-electron chi connectivity index (χ2n) is 6.10. The molecule has 2 aromatic rings. The summed E-state index contributed by atoms with van der Waals surface area (Å²) in [5.74, 6) is 0.508. The summed E-state index contributed by atoms with van der Waals surface area (Å²) in [5, 5.41) is 12.4. The average Bonchev–Trinajstić information content (AvgIpc) is 3.38. The van der Waals surface area contributed by atoms with Crippen molar-refractivity contribution in [2.45, 2.75) is 29.7 Å². The zero-order valence-electron chi connectivity index (χ0n) is 13.8. The average molecular weight is 377 g/mol. The van der Waals surface area contributed by atoms with Crippen LogP contribution >= 0.6 is 23.1 Å². The third-order valence-electron chi connectivity index (χ3n) is 4.42. The van der Waals surface area contributed by atoms with Crippen molar-refractivity contribution in [3.63, 3.8) is 0 Å². The number of anilines is 2. The van der Waals surface area contributed by atoms with Crippen molar-refractivity contribution >= 4 is 39.8 Å². The first kappa shape index (κ1) is 16.8. The van der Waals surface area contributed by atoms with Crippen LogP contribution in [0, 0.1) is 0 Å². The zero-order chi connectivity index (χ0) is 17.1. The minimum atomic E-state index is 0.124. The molecular formula is C17H20N4O2S2. The summed E-state index contributed by atoms with van der Waals surface area (Å²) in [6.07, 6.45) is 3.43. The van der Waals surface area contributed by atoms with Gasteiger partial charge < -0.3 is 15.0 Å². The van der Waals surface area contributed by atoms with E-state index in [-0.39, 0.29) is 12.0 Å². The number of hydrogen-bond acceptors (Lipinski definition) is 7. The molecule has 0 saturated carbocycles. The fourth-order valence-corrected chi connectivity index (χ4v) is 4.78. The molecule has 0 aliphatic carbocycles. The summed E-state index contributed by atoms with van der Waals surface area (Å²) < 4.78 is 6.40. The summed E-state index contributed by atoms with van der Waals surface area (Å²) in [4.78, 5) is 14.4. The number of benzene rings is 1. The predicted molar refractivity (Wildman–Crippen MR) is 101 cm³/mol. The summed E-state index contributed by atoms with van der Waals surface area (Å²) in [6, 6.07) is 8.11. The predicted octanol–water partition coefficient (Wildman–Crippen LogP) is 2.81. The number of aromatic nitrogens is 2. The topological polar surface area (TPSA) is 67.3 Å². The number of nitrogens with one attached hydrogen (secondary N) is 1. The molecule has 8 heteroatoms.